The Balaban J connectivity index is 1.66. The number of hydrogen-bond acceptors (Lipinski definition) is 9. The average molecular weight is 697 g/mol. The zero-order chi connectivity index (χ0) is 37.2. The topological polar surface area (TPSA) is 107 Å². The molecule has 0 spiro atoms. The molecule has 1 atom stereocenters. The van der Waals surface area contributed by atoms with Crippen LogP contribution in [-0.4, -0.2) is 58.6 Å². The van der Waals surface area contributed by atoms with Gasteiger partial charge in [-0.3, -0.25) is 4.79 Å². The highest BCUT2D eigenvalue weighted by Crippen LogP contribution is 2.47. The third-order valence-electron chi connectivity index (χ3n) is 8.70. The number of rotatable bonds is 21. The van der Waals surface area contributed by atoms with Gasteiger partial charge in [-0.2, -0.15) is 0 Å². The number of hydrogen-bond donors (Lipinski definition) is 0. The molecule has 0 bridgehead atoms. The van der Waals surface area contributed by atoms with Crippen LogP contribution < -0.4 is 14.2 Å². The predicted molar refractivity (Wildman–Crippen MR) is 197 cm³/mol. The zero-order valence-electron chi connectivity index (χ0n) is 31.9. The van der Waals surface area contributed by atoms with E-state index in [4.69, 9.17) is 28.4 Å². The molecular weight excluding hydrogens is 636 g/mol. The van der Waals surface area contributed by atoms with Crippen LogP contribution in [0.15, 0.2) is 48.5 Å². The van der Waals surface area contributed by atoms with Gasteiger partial charge >= 0.3 is 17.9 Å². The molecule has 0 aliphatic rings. The van der Waals surface area contributed by atoms with E-state index in [-0.39, 0.29) is 29.2 Å². The first kappa shape index (κ1) is 42.3. The van der Waals surface area contributed by atoms with Gasteiger partial charge in [0.2, 0.25) is 0 Å². The molecule has 0 fully saturated rings. The lowest BCUT2D eigenvalue weighted by molar-refractivity contribution is -0.165. The Morgan fingerprint density at radius 2 is 1.30 bits per heavy atom. The van der Waals surface area contributed by atoms with Crippen LogP contribution in [0.2, 0.25) is 0 Å². The summed E-state index contributed by atoms with van der Waals surface area (Å²) in [5.74, 6) is 0.209. The number of ether oxygens (including phenoxy) is 6. The van der Waals surface area contributed by atoms with Crippen molar-refractivity contribution >= 4 is 24.0 Å². The summed E-state index contributed by atoms with van der Waals surface area (Å²) in [5.41, 5.74) is 0.411. The van der Waals surface area contributed by atoms with Gasteiger partial charge in [0.1, 0.15) is 12.4 Å². The van der Waals surface area contributed by atoms with Crippen LogP contribution in [-0.2, 0) is 23.8 Å². The maximum absolute atomic E-state index is 13.1. The number of carbonyl (C=O) groups is 3. The summed E-state index contributed by atoms with van der Waals surface area (Å²) in [4.78, 5) is 37.6. The summed E-state index contributed by atoms with van der Waals surface area (Å²) in [6.45, 7) is 16.5. The average Bonchev–Trinajstić information content (AvgIpc) is 3.05. The van der Waals surface area contributed by atoms with Crippen molar-refractivity contribution in [2.24, 2.45) is 16.2 Å². The molecule has 0 aliphatic carbocycles. The Labute approximate surface area is 300 Å². The van der Waals surface area contributed by atoms with Crippen LogP contribution in [0.5, 0.6) is 17.2 Å². The Bertz CT molecular complexity index is 1370. The van der Waals surface area contributed by atoms with Crippen molar-refractivity contribution in [3.8, 4) is 17.2 Å². The van der Waals surface area contributed by atoms with E-state index in [0.29, 0.717) is 42.4 Å². The Morgan fingerprint density at radius 3 is 1.88 bits per heavy atom. The zero-order valence-corrected chi connectivity index (χ0v) is 31.9. The quantitative estimate of drug-likeness (QED) is 0.0546. The molecule has 2 rings (SSSR count). The van der Waals surface area contributed by atoms with Crippen molar-refractivity contribution in [3.63, 3.8) is 0 Å². The maximum Gasteiger partial charge on any atom is 0.343 e. The van der Waals surface area contributed by atoms with Crippen molar-refractivity contribution < 1.29 is 42.8 Å². The van der Waals surface area contributed by atoms with Gasteiger partial charge in [-0.1, -0.05) is 79.7 Å². The van der Waals surface area contributed by atoms with Crippen molar-refractivity contribution in [2.75, 3.05) is 40.6 Å². The fourth-order valence-corrected chi connectivity index (χ4v) is 5.46. The normalized spacial score (nSPS) is 13.1. The molecule has 0 aromatic heterocycles. The highest BCUT2D eigenvalue weighted by Gasteiger charge is 2.47. The second-order valence-electron chi connectivity index (χ2n) is 15.1. The molecular formula is C41H60O9. The smallest absolute Gasteiger partial charge is 0.343 e. The Hall–Kier alpha value is -3.85. The minimum atomic E-state index is -0.526. The van der Waals surface area contributed by atoms with Gasteiger partial charge in [-0.15, -0.1) is 0 Å². The molecule has 9 heteroatoms. The van der Waals surface area contributed by atoms with E-state index in [9.17, 15) is 14.4 Å². The first-order valence-electron chi connectivity index (χ1n) is 17.7. The second kappa shape index (κ2) is 20.7. The molecule has 0 amide bonds. The Morgan fingerprint density at radius 1 is 0.680 bits per heavy atom. The van der Waals surface area contributed by atoms with Crippen LogP contribution >= 0.6 is 0 Å². The SMILES string of the molecule is COCCOC(=O)/C=C/c1ccc(OC(=O)c2ccc(OCCCCCCCCCOC(=O)C(C)(CC(C)(C)C)C(C)(C)C)cc2)c(OC)c1. The molecule has 0 radical (unpaired) electrons. The number of unbranched alkanes of at least 4 members (excludes halogenated alkanes) is 6. The largest absolute Gasteiger partial charge is 0.494 e. The third kappa shape index (κ3) is 15.0. The molecule has 0 N–H and O–H groups in total. The number of carbonyl (C=O) groups excluding carboxylic acids is 3. The molecule has 0 saturated carbocycles. The molecule has 1 unspecified atom stereocenters. The van der Waals surface area contributed by atoms with E-state index in [2.05, 4.69) is 41.5 Å². The van der Waals surface area contributed by atoms with Crippen LogP contribution in [0.25, 0.3) is 6.08 Å². The van der Waals surface area contributed by atoms with Gasteiger partial charge in [-0.25, -0.2) is 9.59 Å². The molecule has 9 nitrogen and oxygen atoms in total. The molecule has 2 aromatic carbocycles. The minimum Gasteiger partial charge on any atom is -0.494 e. The van der Waals surface area contributed by atoms with E-state index in [1.54, 1.807) is 48.5 Å². The summed E-state index contributed by atoms with van der Waals surface area (Å²) in [7, 11) is 3.01. The second-order valence-corrected chi connectivity index (χ2v) is 15.1. The summed E-state index contributed by atoms with van der Waals surface area (Å²) in [6, 6.07) is 11.8. The van der Waals surface area contributed by atoms with E-state index < -0.39 is 17.4 Å². The monoisotopic (exact) mass is 696 g/mol. The molecule has 0 saturated heterocycles. The molecule has 0 heterocycles. The van der Waals surface area contributed by atoms with Gasteiger partial charge in [0.15, 0.2) is 11.5 Å². The van der Waals surface area contributed by atoms with E-state index in [1.165, 1.54) is 20.3 Å². The molecule has 0 aliphatic heterocycles. The number of benzene rings is 2. The molecule has 278 valence electrons. The predicted octanol–water partition coefficient (Wildman–Crippen LogP) is 9.26. The van der Waals surface area contributed by atoms with Gasteiger partial charge in [0.25, 0.3) is 0 Å². The number of esters is 3. The van der Waals surface area contributed by atoms with Gasteiger partial charge < -0.3 is 28.4 Å². The van der Waals surface area contributed by atoms with Crippen molar-refractivity contribution in [3.05, 3.63) is 59.7 Å². The standard InChI is InChI=1S/C41H60O9/c1-39(2,3)30-41(7,40(4,5)6)38(44)49-26-16-14-12-10-11-13-15-25-47-33-21-19-32(20-22-33)37(43)50-34-23-17-31(29-35(34)46-9)18-24-36(42)48-28-27-45-8/h17-24,29H,10-16,25-28,30H2,1-9H3/b24-18+. The third-order valence-corrected chi connectivity index (χ3v) is 8.70. The first-order valence-corrected chi connectivity index (χ1v) is 17.7. The summed E-state index contributed by atoms with van der Waals surface area (Å²) < 4.78 is 32.5. The van der Waals surface area contributed by atoms with Gasteiger partial charge in [0, 0.05) is 13.2 Å². The molecule has 2 aromatic rings. The van der Waals surface area contributed by atoms with Crippen LogP contribution in [0.3, 0.4) is 0 Å². The molecule has 50 heavy (non-hydrogen) atoms. The maximum atomic E-state index is 13.1. The first-order chi connectivity index (χ1) is 23.6. The van der Waals surface area contributed by atoms with E-state index in [0.717, 1.165) is 51.4 Å². The minimum absolute atomic E-state index is 0.0452. The van der Waals surface area contributed by atoms with Crippen molar-refractivity contribution in [1.82, 2.24) is 0 Å². The van der Waals surface area contributed by atoms with Crippen molar-refractivity contribution in [2.45, 2.75) is 99.8 Å². The Kier molecular flexibility index (Phi) is 17.5. The lowest BCUT2D eigenvalue weighted by Crippen LogP contribution is -2.44. The van der Waals surface area contributed by atoms with Gasteiger partial charge in [-0.05, 0) is 85.1 Å². The van der Waals surface area contributed by atoms with E-state index in [1.807, 2.05) is 6.92 Å². The summed E-state index contributed by atoms with van der Waals surface area (Å²) >= 11 is 0. The van der Waals surface area contributed by atoms with Crippen LogP contribution in [0.4, 0.5) is 0 Å². The fourth-order valence-electron chi connectivity index (χ4n) is 5.46. The van der Waals surface area contributed by atoms with Crippen molar-refractivity contribution in [1.29, 1.82) is 0 Å². The van der Waals surface area contributed by atoms with E-state index >= 15 is 0 Å². The summed E-state index contributed by atoms with van der Waals surface area (Å²) in [6.07, 6.45) is 11.0. The van der Waals surface area contributed by atoms with Crippen LogP contribution in [0, 0.1) is 16.2 Å². The lowest BCUT2D eigenvalue weighted by atomic mass is 9.61. The van der Waals surface area contributed by atoms with Gasteiger partial charge in [0.05, 0.1) is 37.9 Å². The highest BCUT2D eigenvalue weighted by atomic mass is 16.6. The lowest BCUT2D eigenvalue weighted by Gasteiger charge is -2.43. The summed E-state index contributed by atoms with van der Waals surface area (Å²) in [5, 5.41) is 0. The number of methoxy groups -OCH3 is 2. The van der Waals surface area contributed by atoms with Crippen LogP contribution in [0.1, 0.15) is 116 Å². The fraction of sp³-hybridized carbons (Fsp3) is 0.585. The highest BCUT2D eigenvalue weighted by molar-refractivity contribution is 5.91.